The molecule has 5 nitrogen and oxygen atoms in total. The largest absolute Gasteiger partial charge is 0.465 e. The molecule has 26 heavy (non-hydrogen) atoms. The summed E-state index contributed by atoms with van der Waals surface area (Å²) in [6.07, 6.45) is 7.45. The highest BCUT2D eigenvalue weighted by atomic mass is 32.2. The maximum Gasteiger partial charge on any atom is 0.319 e. The number of cyclic esters (lactones) is 1. The second-order valence-corrected chi connectivity index (χ2v) is 9.15. The van der Waals surface area contributed by atoms with Crippen molar-refractivity contribution in [3.05, 3.63) is 29.2 Å². The molecule has 3 heterocycles. The number of aryl methyl sites for hydroxylation is 1. The van der Waals surface area contributed by atoms with Crippen LogP contribution in [0.25, 0.3) is 10.7 Å². The molecule has 7 heteroatoms. The van der Waals surface area contributed by atoms with Crippen molar-refractivity contribution in [1.29, 1.82) is 0 Å². The van der Waals surface area contributed by atoms with Crippen molar-refractivity contribution in [2.24, 2.45) is 5.92 Å². The predicted molar refractivity (Wildman–Crippen MR) is 105 cm³/mol. The summed E-state index contributed by atoms with van der Waals surface area (Å²) in [4.78, 5) is 14.5. The average molecular weight is 390 g/mol. The molecule has 0 saturated carbocycles. The van der Waals surface area contributed by atoms with Gasteiger partial charge in [0.25, 0.3) is 0 Å². The normalized spacial score (nSPS) is 22.3. The number of thiophene rings is 1. The lowest BCUT2D eigenvalue weighted by atomic mass is 9.87. The van der Waals surface area contributed by atoms with Crippen LogP contribution in [0.15, 0.2) is 23.9 Å². The standard InChI is InChI=1S/C19H23N3O2S2/c1-3-8-22-17(20-21-19(22)26-15-7-9-24-18(15)23)16-11-13-10-12(4-2)5-6-14(13)25-16/h3,11-12,15H,1,4-10H2,2H3/t12-,15-/m0/s1. The lowest BCUT2D eigenvalue weighted by Crippen LogP contribution is -2.11. The minimum atomic E-state index is -0.183. The Bertz CT molecular complexity index is 827. The molecule has 0 aromatic carbocycles. The number of thioether (sulfide) groups is 1. The SMILES string of the molecule is C=CCn1c(S[C@H]2CCOC2=O)nnc1-c1cc2c(s1)CC[C@H](CC)C2. The number of carbonyl (C=O) groups excluding carboxylic acids is 1. The van der Waals surface area contributed by atoms with Crippen LogP contribution in [0.2, 0.25) is 0 Å². The highest BCUT2D eigenvalue weighted by Gasteiger charge is 2.30. The number of carbonyl (C=O) groups is 1. The van der Waals surface area contributed by atoms with Gasteiger partial charge in [0.2, 0.25) is 0 Å². The molecule has 4 rings (SSSR count). The van der Waals surface area contributed by atoms with E-state index in [9.17, 15) is 4.79 Å². The molecule has 1 saturated heterocycles. The fraction of sp³-hybridized carbons (Fsp3) is 0.526. The van der Waals surface area contributed by atoms with Gasteiger partial charge in [0.05, 0.1) is 11.5 Å². The van der Waals surface area contributed by atoms with Gasteiger partial charge in [-0.05, 0) is 36.8 Å². The van der Waals surface area contributed by atoms with Gasteiger partial charge in [-0.3, -0.25) is 9.36 Å². The van der Waals surface area contributed by atoms with Gasteiger partial charge in [0.15, 0.2) is 11.0 Å². The van der Waals surface area contributed by atoms with Gasteiger partial charge in [0.1, 0.15) is 5.25 Å². The Morgan fingerprint density at radius 2 is 2.35 bits per heavy atom. The van der Waals surface area contributed by atoms with Gasteiger partial charge < -0.3 is 4.74 Å². The molecule has 0 N–H and O–H groups in total. The average Bonchev–Trinajstić information content (AvgIpc) is 3.34. The number of hydrogen-bond donors (Lipinski definition) is 0. The first-order chi connectivity index (χ1) is 12.7. The van der Waals surface area contributed by atoms with Gasteiger partial charge in [-0.25, -0.2) is 0 Å². The number of aromatic nitrogens is 3. The Morgan fingerprint density at radius 1 is 1.46 bits per heavy atom. The zero-order chi connectivity index (χ0) is 18.1. The van der Waals surface area contributed by atoms with Crippen LogP contribution in [-0.4, -0.2) is 32.6 Å². The van der Waals surface area contributed by atoms with Crippen molar-refractivity contribution in [3.63, 3.8) is 0 Å². The number of rotatable bonds is 6. The zero-order valence-electron chi connectivity index (χ0n) is 14.9. The van der Waals surface area contributed by atoms with Crippen molar-refractivity contribution < 1.29 is 9.53 Å². The lowest BCUT2D eigenvalue weighted by Gasteiger charge is -2.19. The molecule has 2 atom stereocenters. The van der Waals surface area contributed by atoms with Crippen molar-refractivity contribution in [3.8, 4) is 10.7 Å². The fourth-order valence-corrected chi connectivity index (χ4v) is 5.83. The molecule has 0 spiro atoms. The first kappa shape index (κ1) is 17.8. The van der Waals surface area contributed by atoms with Crippen LogP contribution in [0.4, 0.5) is 0 Å². The molecule has 1 fully saturated rings. The van der Waals surface area contributed by atoms with E-state index in [4.69, 9.17) is 4.74 Å². The predicted octanol–water partition coefficient (Wildman–Crippen LogP) is 4.12. The van der Waals surface area contributed by atoms with Crippen molar-refractivity contribution in [2.45, 2.75) is 56.0 Å². The number of hydrogen-bond acceptors (Lipinski definition) is 6. The van der Waals surface area contributed by atoms with E-state index in [0.717, 1.165) is 23.3 Å². The second-order valence-electron chi connectivity index (χ2n) is 6.84. The molecule has 2 aliphatic rings. The van der Waals surface area contributed by atoms with E-state index < -0.39 is 0 Å². The molecule has 2 aromatic heterocycles. The maximum absolute atomic E-state index is 11.8. The Balaban J connectivity index is 1.63. The molecule has 138 valence electrons. The van der Waals surface area contributed by atoms with Crippen molar-refractivity contribution >= 4 is 29.1 Å². The summed E-state index contributed by atoms with van der Waals surface area (Å²) in [7, 11) is 0. The van der Waals surface area contributed by atoms with Crippen LogP contribution >= 0.6 is 23.1 Å². The van der Waals surface area contributed by atoms with E-state index in [2.05, 4.69) is 34.3 Å². The molecule has 0 radical (unpaired) electrons. The van der Waals surface area contributed by atoms with Crippen LogP contribution in [0.5, 0.6) is 0 Å². The van der Waals surface area contributed by atoms with Crippen LogP contribution in [0.3, 0.4) is 0 Å². The number of esters is 1. The highest BCUT2D eigenvalue weighted by Crippen LogP contribution is 2.39. The zero-order valence-corrected chi connectivity index (χ0v) is 16.6. The van der Waals surface area contributed by atoms with E-state index in [0.29, 0.717) is 13.2 Å². The topological polar surface area (TPSA) is 57.0 Å². The molecule has 1 aliphatic heterocycles. The van der Waals surface area contributed by atoms with E-state index in [1.165, 1.54) is 52.8 Å². The van der Waals surface area contributed by atoms with Gasteiger partial charge in [-0.2, -0.15) is 0 Å². The second kappa shape index (κ2) is 7.56. The Morgan fingerprint density at radius 3 is 3.08 bits per heavy atom. The van der Waals surface area contributed by atoms with Crippen molar-refractivity contribution in [2.75, 3.05) is 6.61 Å². The van der Waals surface area contributed by atoms with Gasteiger partial charge in [-0.1, -0.05) is 31.2 Å². The summed E-state index contributed by atoms with van der Waals surface area (Å²) in [6.45, 7) is 7.28. The molecular formula is C19H23N3O2S2. The van der Waals surface area contributed by atoms with E-state index in [1.54, 1.807) is 0 Å². The van der Waals surface area contributed by atoms with Crippen LogP contribution in [-0.2, 0) is 28.9 Å². The Kier molecular flexibility index (Phi) is 5.18. The summed E-state index contributed by atoms with van der Waals surface area (Å²) in [6, 6.07) is 2.30. The summed E-state index contributed by atoms with van der Waals surface area (Å²) in [5.41, 5.74) is 1.48. The summed E-state index contributed by atoms with van der Waals surface area (Å²) < 4.78 is 7.14. The van der Waals surface area contributed by atoms with E-state index in [-0.39, 0.29) is 11.2 Å². The smallest absolute Gasteiger partial charge is 0.319 e. The number of fused-ring (bicyclic) bond motifs is 1. The fourth-order valence-electron chi connectivity index (χ4n) is 3.62. The number of ether oxygens (including phenoxy) is 1. The maximum atomic E-state index is 11.8. The molecule has 0 amide bonds. The first-order valence-corrected chi connectivity index (χ1v) is 10.9. The van der Waals surface area contributed by atoms with Gasteiger partial charge >= 0.3 is 5.97 Å². The monoisotopic (exact) mass is 389 g/mol. The first-order valence-electron chi connectivity index (χ1n) is 9.19. The van der Waals surface area contributed by atoms with Gasteiger partial charge in [0, 0.05) is 17.8 Å². The van der Waals surface area contributed by atoms with Crippen LogP contribution in [0.1, 0.15) is 36.6 Å². The lowest BCUT2D eigenvalue weighted by molar-refractivity contribution is -0.137. The quantitative estimate of drug-likeness (QED) is 0.550. The summed E-state index contributed by atoms with van der Waals surface area (Å²) in [5.74, 6) is 1.53. The Labute approximate surface area is 161 Å². The Hall–Kier alpha value is -1.60. The van der Waals surface area contributed by atoms with E-state index >= 15 is 0 Å². The van der Waals surface area contributed by atoms with Gasteiger partial charge in [-0.15, -0.1) is 28.1 Å². The third kappa shape index (κ3) is 3.34. The van der Waals surface area contributed by atoms with Crippen LogP contribution in [0, 0.1) is 5.92 Å². The van der Waals surface area contributed by atoms with Crippen LogP contribution < -0.4 is 0 Å². The summed E-state index contributed by atoms with van der Waals surface area (Å²) >= 11 is 3.29. The molecule has 1 aliphatic carbocycles. The molecular weight excluding hydrogens is 366 g/mol. The minimum absolute atomic E-state index is 0.151. The minimum Gasteiger partial charge on any atom is -0.465 e. The van der Waals surface area contributed by atoms with Crippen molar-refractivity contribution in [1.82, 2.24) is 14.8 Å². The molecule has 2 aromatic rings. The molecule has 0 bridgehead atoms. The number of allylic oxidation sites excluding steroid dienone is 1. The van der Waals surface area contributed by atoms with E-state index in [1.807, 2.05) is 17.4 Å². The third-order valence-corrected chi connectivity index (χ3v) is 7.60. The highest BCUT2D eigenvalue weighted by molar-refractivity contribution is 8.00. The number of nitrogens with zero attached hydrogens (tertiary/aromatic N) is 3. The third-order valence-electron chi connectivity index (χ3n) is 5.15. The molecule has 0 unspecified atom stereocenters. The summed E-state index contributed by atoms with van der Waals surface area (Å²) in [5, 5.41) is 9.41.